The smallest absolute Gasteiger partial charge is 0.324 e. The predicted octanol–water partition coefficient (Wildman–Crippen LogP) is 2.13. The minimum absolute atomic E-state index is 0.220. The van der Waals surface area contributed by atoms with E-state index >= 15 is 0 Å². The summed E-state index contributed by atoms with van der Waals surface area (Å²) in [7, 11) is 3.13. The van der Waals surface area contributed by atoms with Crippen LogP contribution in [0.4, 0.5) is 4.79 Å². The molecule has 0 saturated carbocycles. The second-order valence-corrected chi connectivity index (χ2v) is 5.04. The first-order valence-electron chi connectivity index (χ1n) is 7.29. The number of amides is 3. The van der Waals surface area contributed by atoms with Gasteiger partial charge in [0.1, 0.15) is 0 Å². The minimum Gasteiger partial charge on any atom is -0.493 e. The number of urea groups is 1. The molecule has 1 aromatic rings. The Labute approximate surface area is 130 Å². The number of carbonyl (C=O) groups excluding carboxylic acids is 2. The second kappa shape index (κ2) is 7.68. The van der Waals surface area contributed by atoms with Crippen LogP contribution in [0.1, 0.15) is 24.8 Å². The maximum Gasteiger partial charge on any atom is 0.324 e. The van der Waals surface area contributed by atoms with Gasteiger partial charge in [0.05, 0.1) is 20.6 Å². The first-order valence-corrected chi connectivity index (χ1v) is 7.29. The molecule has 0 atom stereocenters. The van der Waals surface area contributed by atoms with Crippen molar-refractivity contribution in [1.82, 2.24) is 10.2 Å². The van der Waals surface area contributed by atoms with Crippen LogP contribution in [0.5, 0.6) is 11.5 Å². The van der Waals surface area contributed by atoms with Crippen LogP contribution in [0.15, 0.2) is 18.2 Å². The maximum absolute atomic E-state index is 12.1. The first-order chi connectivity index (χ1) is 10.7. The third kappa shape index (κ3) is 3.90. The van der Waals surface area contributed by atoms with E-state index in [9.17, 15) is 9.59 Å². The molecule has 6 heteroatoms. The minimum atomic E-state index is -0.363. The number of benzene rings is 1. The van der Waals surface area contributed by atoms with Gasteiger partial charge in [-0.05, 0) is 30.5 Å². The number of rotatable bonds is 4. The molecule has 1 aliphatic heterocycles. The zero-order valence-corrected chi connectivity index (χ0v) is 12.9. The number of hydrogen-bond acceptors (Lipinski definition) is 4. The monoisotopic (exact) mass is 305 g/mol. The summed E-state index contributed by atoms with van der Waals surface area (Å²) < 4.78 is 10.4. The molecular formula is C16H21N2O4. The van der Waals surface area contributed by atoms with E-state index < -0.39 is 0 Å². The second-order valence-electron chi connectivity index (χ2n) is 5.04. The average molecular weight is 305 g/mol. The molecule has 0 spiro atoms. The van der Waals surface area contributed by atoms with E-state index in [1.54, 1.807) is 32.8 Å². The zero-order valence-electron chi connectivity index (χ0n) is 12.9. The average Bonchev–Trinajstić information content (AvgIpc) is 2.76. The lowest BCUT2D eigenvalue weighted by atomic mass is 10.2. The first kappa shape index (κ1) is 16.1. The number of methoxy groups -OCH3 is 2. The molecule has 1 aliphatic rings. The lowest BCUT2D eigenvalue weighted by molar-refractivity contribution is -0.124. The molecule has 3 amide bonds. The number of carbonyl (C=O) groups is 2. The predicted molar refractivity (Wildman–Crippen MR) is 81.6 cm³/mol. The molecule has 1 fully saturated rings. The Kier molecular flexibility index (Phi) is 5.63. The SMILES string of the molecule is COc1ccc(CNC(=O)N2CCCC[CH]C2=O)cc1OC. The molecule has 0 aromatic heterocycles. The molecule has 1 aromatic carbocycles. The molecule has 0 bridgehead atoms. The molecule has 119 valence electrons. The van der Waals surface area contributed by atoms with Gasteiger partial charge in [-0.3, -0.25) is 9.69 Å². The van der Waals surface area contributed by atoms with E-state index in [0.717, 1.165) is 24.8 Å². The van der Waals surface area contributed by atoms with E-state index in [1.165, 1.54) is 4.90 Å². The van der Waals surface area contributed by atoms with Gasteiger partial charge in [-0.15, -0.1) is 0 Å². The maximum atomic E-state index is 12.1. The highest BCUT2D eigenvalue weighted by Gasteiger charge is 2.22. The van der Waals surface area contributed by atoms with Crippen molar-refractivity contribution in [2.24, 2.45) is 0 Å². The summed E-state index contributed by atoms with van der Waals surface area (Å²) in [5.41, 5.74) is 0.872. The highest BCUT2D eigenvalue weighted by molar-refractivity contribution is 5.98. The largest absolute Gasteiger partial charge is 0.493 e. The van der Waals surface area contributed by atoms with Crippen LogP contribution in [-0.2, 0) is 11.3 Å². The van der Waals surface area contributed by atoms with E-state index in [2.05, 4.69) is 5.32 Å². The molecular weight excluding hydrogens is 284 g/mol. The van der Waals surface area contributed by atoms with Crippen LogP contribution in [-0.4, -0.2) is 37.6 Å². The van der Waals surface area contributed by atoms with Crippen LogP contribution >= 0.6 is 0 Å². The van der Waals surface area contributed by atoms with Crippen LogP contribution in [0.25, 0.3) is 0 Å². The normalized spacial score (nSPS) is 15.2. The fourth-order valence-corrected chi connectivity index (χ4v) is 2.33. The van der Waals surface area contributed by atoms with Crippen molar-refractivity contribution < 1.29 is 19.1 Å². The Hall–Kier alpha value is -2.24. The molecule has 2 rings (SSSR count). The zero-order chi connectivity index (χ0) is 15.9. The van der Waals surface area contributed by atoms with Gasteiger partial charge in [0.15, 0.2) is 11.5 Å². The van der Waals surface area contributed by atoms with Gasteiger partial charge >= 0.3 is 6.03 Å². The third-order valence-electron chi connectivity index (χ3n) is 3.56. The molecule has 1 N–H and O–H groups in total. The van der Waals surface area contributed by atoms with Crippen molar-refractivity contribution in [3.63, 3.8) is 0 Å². The van der Waals surface area contributed by atoms with Crippen LogP contribution in [0, 0.1) is 6.42 Å². The van der Waals surface area contributed by atoms with E-state index in [-0.39, 0.29) is 11.9 Å². The Morgan fingerprint density at radius 2 is 2.00 bits per heavy atom. The summed E-state index contributed by atoms with van der Waals surface area (Å²) in [6.07, 6.45) is 4.08. The lowest BCUT2D eigenvalue weighted by Crippen LogP contribution is -2.43. The summed E-state index contributed by atoms with van der Waals surface area (Å²) in [6, 6.07) is 5.07. The van der Waals surface area contributed by atoms with Crippen molar-refractivity contribution in [2.45, 2.75) is 25.8 Å². The van der Waals surface area contributed by atoms with Crippen molar-refractivity contribution >= 4 is 11.9 Å². The number of nitrogens with zero attached hydrogens (tertiary/aromatic N) is 1. The molecule has 22 heavy (non-hydrogen) atoms. The molecule has 0 aliphatic carbocycles. The lowest BCUT2D eigenvalue weighted by Gasteiger charge is -2.19. The van der Waals surface area contributed by atoms with Crippen molar-refractivity contribution in [3.8, 4) is 11.5 Å². The fraction of sp³-hybridized carbons (Fsp3) is 0.438. The van der Waals surface area contributed by atoms with E-state index in [4.69, 9.17) is 9.47 Å². The van der Waals surface area contributed by atoms with Gasteiger partial charge in [-0.2, -0.15) is 0 Å². The Bertz CT molecular complexity index is 545. The molecule has 1 heterocycles. The number of imide groups is 1. The number of ether oxygens (including phenoxy) is 2. The van der Waals surface area contributed by atoms with Gasteiger partial charge in [-0.25, -0.2) is 4.79 Å². The summed E-state index contributed by atoms with van der Waals surface area (Å²) in [6.45, 7) is 0.788. The van der Waals surface area contributed by atoms with Crippen LogP contribution in [0.2, 0.25) is 0 Å². The molecule has 1 radical (unpaired) electrons. The summed E-state index contributed by atoms with van der Waals surface area (Å²) in [5, 5.41) is 2.77. The molecule has 1 saturated heterocycles. The summed E-state index contributed by atoms with van der Waals surface area (Å²) >= 11 is 0. The third-order valence-corrected chi connectivity index (χ3v) is 3.56. The van der Waals surface area contributed by atoms with Crippen molar-refractivity contribution in [3.05, 3.63) is 30.2 Å². The quantitative estimate of drug-likeness (QED) is 0.925. The fourth-order valence-electron chi connectivity index (χ4n) is 2.33. The van der Waals surface area contributed by atoms with Crippen LogP contribution < -0.4 is 14.8 Å². The number of nitrogens with one attached hydrogen (secondary N) is 1. The van der Waals surface area contributed by atoms with Gasteiger partial charge in [-0.1, -0.05) is 12.5 Å². The Balaban J connectivity index is 1.97. The highest BCUT2D eigenvalue weighted by Crippen LogP contribution is 2.27. The summed E-state index contributed by atoms with van der Waals surface area (Å²) in [5.74, 6) is 1.02. The Morgan fingerprint density at radius 1 is 1.23 bits per heavy atom. The standard InChI is InChI=1S/C16H21N2O4/c1-21-13-8-7-12(10-14(13)22-2)11-17-16(20)18-9-5-3-4-6-15(18)19/h6-8,10H,3-5,9,11H2,1-2H3,(H,17,20). The van der Waals surface area contributed by atoms with E-state index in [1.807, 2.05) is 6.07 Å². The molecule has 6 nitrogen and oxygen atoms in total. The Morgan fingerprint density at radius 3 is 2.73 bits per heavy atom. The molecule has 0 unspecified atom stereocenters. The van der Waals surface area contributed by atoms with Gasteiger partial charge in [0.25, 0.3) is 0 Å². The van der Waals surface area contributed by atoms with Crippen LogP contribution in [0.3, 0.4) is 0 Å². The van der Waals surface area contributed by atoms with Gasteiger partial charge in [0.2, 0.25) is 5.91 Å². The summed E-state index contributed by atoms with van der Waals surface area (Å²) in [4.78, 5) is 25.2. The topological polar surface area (TPSA) is 67.9 Å². The number of likely N-dealkylation sites (tertiary alicyclic amines) is 1. The van der Waals surface area contributed by atoms with Crippen molar-refractivity contribution in [1.29, 1.82) is 0 Å². The van der Waals surface area contributed by atoms with Gasteiger partial charge < -0.3 is 14.8 Å². The van der Waals surface area contributed by atoms with Gasteiger partial charge in [0, 0.05) is 13.1 Å². The van der Waals surface area contributed by atoms with Crippen molar-refractivity contribution in [2.75, 3.05) is 20.8 Å². The highest BCUT2D eigenvalue weighted by atomic mass is 16.5. The van der Waals surface area contributed by atoms with E-state index in [0.29, 0.717) is 24.6 Å². The number of hydrogen-bond donors (Lipinski definition) is 1.